The van der Waals surface area contributed by atoms with Crippen LogP contribution in [0.2, 0.25) is 0 Å². The lowest BCUT2D eigenvalue weighted by Crippen LogP contribution is -2.22. The summed E-state index contributed by atoms with van der Waals surface area (Å²) >= 11 is 0. The second kappa shape index (κ2) is 9.96. The molecule has 120 valence electrons. The maximum atomic E-state index is 10.8. The van der Waals surface area contributed by atoms with Gasteiger partial charge in [0.2, 0.25) is 0 Å². The van der Waals surface area contributed by atoms with Gasteiger partial charge in [0.05, 0.1) is 6.61 Å². The first-order chi connectivity index (χ1) is 10.0. The standard InChI is InChI=1S/C15H25O5P/c1-2-3-4-5-7-12-15(13-19-21(16,17)18)20-14-10-8-6-9-11-14/h6,8-11,15H,2-5,7,12-13H2,1H3,(H2,16,17,18). The molecule has 1 aromatic carbocycles. The quantitative estimate of drug-likeness (QED) is 0.478. The van der Waals surface area contributed by atoms with Crippen molar-refractivity contribution >= 4 is 7.82 Å². The van der Waals surface area contributed by atoms with E-state index in [0.717, 1.165) is 19.3 Å². The van der Waals surface area contributed by atoms with Gasteiger partial charge in [-0.15, -0.1) is 0 Å². The highest BCUT2D eigenvalue weighted by molar-refractivity contribution is 7.46. The molecular formula is C15H25O5P. The molecule has 1 rings (SSSR count). The van der Waals surface area contributed by atoms with Gasteiger partial charge in [-0.05, 0) is 25.0 Å². The maximum absolute atomic E-state index is 10.8. The van der Waals surface area contributed by atoms with Gasteiger partial charge >= 0.3 is 7.82 Å². The highest BCUT2D eigenvalue weighted by atomic mass is 31.2. The molecule has 0 radical (unpaired) electrons. The van der Waals surface area contributed by atoms with Gasteiger partial charge in [0.25, 0.3) is 0 Å². The van der Waals surface area contributed by atoms with Gasteiger partial charge in [-0.1, -0.05) is 50.8 Å². The summed E-state index contributed by atoms with van der Waals surface area (Å²) in [6, 6.07) is 9.25. The molecule has 0 aliphatic carbocycles. The van der Waals surface area contributed by atoms with Crippen molar-refractivity contribution in [1.29, 1.82) is 0 Å². The summed E-state index contributed by atoms with van der Waals surface area (Å²) in [4.78, 5) is 17.6. The van der Waals surface area contributed by atoms with Crippen LogP contribution in [0, 0.1) is 0 Å². The molecule has 0 fully saturated rings. The van der Waals surface area contributed by atoms with Crippen LogP contribution in [0.5, 0.6) is 5.75 Å². The molecule has 1 unspecified atom stereocenters. The SMILES string of the molecule is CCCCCCCC(COP(=O)(O)O)Oc1ccccc1. The zero-order valence-electron chi connectivity index (χ0n) is 12.5. The van der Waals surface area contributed by atoms with Crippen LogP contribution in [-0.4, -0.2) is 22.5 Å². The lowest BCUT2D eigenvalue weighted by atomic mass is 10.1. The van der Waals surface area contributed by atoms with Crippen LogP contribution < -0.4 is 4.74 Å². The first kappa shape index (κ1) is 18.2. The fourth-order valence-electron chi connectivity index (χ4n) is 2.02. The third-order valence-electron chi connectivity index (χ3n) is 3.10. The second-order valence-corrected chi connectivity index (χ2v) is 6.28. The Hall–Kier alpha value is -0.870. The molecule has 1 atom stereocenters. The van der Waals surface area contributed by atoms with Crippen molar-refractivity contribution in [3.05, 3.63) is 30.3 Å². The number of unbranched alkanes of at least 4 members (excludes halogenated alkanes) is 4. The molecule has 0 aliphatic heterocycles. The number of benzene rings is 1. The van der Waals surface area contributed by atoms with Crippen LogP contribution in [0.3, 0.4) is 0 Å². The van der Waals surface area contributed by atoms with Gasteiger partial charge in [-0.2, -0.15) is 0 Å². The zero-order chi connectivity index (χ0) is 15.6. The third kappa shape index (κ3) is 9.64. The van der Waals surface area contributed by atoms with Crippen molar-refractivity contribution in [1.82, 2.24) is 0 Å². The van der Waals surface area contributed by atoms with Crippen LogP contribution in [0.1, 0.15) is 45.4 Å². The summed E-state index contributed by atoms with van der Waals surface area (Å²) in [7, 11) is -4.45. The minimum atomic E-state index is -4.45. The number of phosphoric acid groups is 1. The fourth-order valence-corrected chi connectivity index (χ4v) is 2.38. The Kier molecular flexibility index (Phi) is 8.62. The highest BCUT2D eigenvalue weighted by Crippen LogP contribution is 2.36. The Bertz CT molecular complexity index is 417. The largest absolute Gasteiger partial charge is 0.488 e. The van der Waals surface area contributed by atoms with Crippen LogP contribution in [0.25, 0.3) is 0 Å². The van der Waals surface area contributed by atoms with Gasteiger partial charge in [0.1, 0.15) is 11.9 Å². The van der Waals surface area contributed by atoms with E-state index < -0.39 is 7.82 Å². The summed E-state index contributed by atoms with van der Waals surface area (Å²) in [6.07, 6.45) is 6.00. The molecule has 21 heavy (non-hydrogen) atoms. The topological polar surface area (TPSA) is 76.0 Å². The van der Waals surface area contributed by atoms with Crippen molar-refractivity contribution in [3.8, 4) is 5.75 Å². The Morgan fingerprint density at radius 3 is 2.38 bits per heavy atom. The number of phosphoric ester groups is 1. The normalized spacial score (nSPS) is 13.1. The number of ether oxygens (including phenoxy) is 1. The molecule has 0 aliphatic rings. The number of hydrogen-bond donors (Lipinski definition) is 2. The third-order valence-corrected chi connectivity index (χ3v) is 3.59. The van der Waals surface area contributed by atoms with E-state index in [1.54, 1.807) is 0 Å². The van der Waals surface area contributed by atoms with Gasteiger partial charge < -0.3 is 14.5 Å². The summed E-state index contributed by atoms with van der Waals surface area (Å²) < 4.78 is 21.2. The van der Waals surface area contributed by atoms with E-state index in [4.69, 9.17) is 14.5 Å². The van der Waals surface area contributed by atoms with Gasteiger partial charge in [-0.3, -0.25) is 4.52 Å². The Morgan fingerprint density at radius 1 is 1.10 bits per heavy atom. The Labute approximate surface area is 126 Å². The molecular weight excluding hydrogens is 291 g/mol. The van der Waals surface area contributed by atoms with Crippen molar-refractivity contribution < 1.29 is 23.6 Å². The number of para-hydroxylation sites is 1. The highest BCUT2D eigenvalue weighted by Gasteiger charge is 2.19. The van der Waals surface area contributed by atoms with Gasteiger partial charge in [0.15, 0.2) is 0 Å². The van der Waals surface area contributed by atoms with E-state index in [1.165, 1.54) is 19.3 Å². The van der Waals surface area contributed by atoms with E-state index in [9.17, 15) is 4.57 Å². The molecule has 0 saturated heterocycles. The van der Waals surface area contributed by atoms with E-state index in [-0.39, 0.29) is 12.7 Å². The summed E-state index contributed by atoms with van der Waals surface area (Å²) in [5.41, 5.74) is 0. The predicted octanol–water partition coefficient (Wildman–Crippen LogP) is 3.90. The van der Waals surface area contributed by atoms with Gasteiger partial charge in [0, 0.05) is 0 Å². The molecule has 5 nitrogen and oxygen atoms in total. The fraction of sp³-hybridized carbons (Fsp3) is 0.600. The van der Waals surface area contributed by atoms with Gasteiger partial charge in [-0.25, -0.2) is 4.57 Å². The van der Waals surface area contributed by atoms with Crippen LogP contribution in [0.4, 0.5) is 0 Å². The Balaban J connectivity index is 2.43. The molecule has 0 aromatic heterocycles. The molecule has 0 bridgehead atoms. The molecule has 2 N–H and O–H groups in total. The first-order valence-electron chi connectivity index (χ1n) is 7.43. The smallest absolute Gasteiger partial charge is 0.469 e. The van der Waals surface area contributed by atoms with E-state index in [1.807, 2.05) is 30.3 Å². The minimum absolute atomic E-state index is 0.104. The summed E-state index contributed by atoms with van der Waals surface area (Å²) in [5.74, 6) is 0.686. The number of rotatable bonds is 11. The maximum Gasteiger partial charge on any atom is 0.469 e. The lowest BCUT2D eigenvalue weighted by molar-refractivity contribution is 0.0941. The predicted molar refractivity (Wildman–Crippen MR) is 82.2 cm³/mol. The molecule has 0 saturated carbocycles. The molecule has 6 heteroatoms. The molecule has 0 amide bonds. The summed E-state index contributed by atoms with van der Waals surface area (Å²) in [5, 5.41) is 0. The molecule has 0 heterocycles. The summed E-state index contributed by atoms with van der Waals surface area (Å²) in [6.45, 7) is 2.06. The van der Waals surface area contributed by atoms with Crippen molar-refractivity contribution in [2.75, 3.05) is 6.61 Å². The molecule has 0 spiro atoms. The lowest BCUT2D eigenvalue weighted by Gasteiger charge is -2.19. The van der Waals surface area contributed by atoms with E-state index >= 15 is 0 Å². The monoisotopic (exact) mass is 316 g/mol. The van der Waals surface area contributed by atoms with Crippen LogP contribution in [-0.2, 0) is 9.09 Å². The van der Waals surface area contributed by atoms with E-state index in [2.05, 4.69) is 11.4 Å². The molecule has 1 aromatic rings. The Morgan fingerprint density at radius 2 is 1.76 bits per heavy atom. The van der Waals surface area contributed by atoms with Crippen molar-refractivity contribution in [2.45, 2.75) is 51.6 Å². The van der Waals surface area contributed by atoms with Crippen molar-refractivity contribution in [3.63, 3.8) is 0 Å². The van der Waals surface area contributed by atoms with Crippen LogP contribution in [0.15, 0.2) is 30.3 Å². The van der Waals surface area contributed by atoms with Crippen LogP contribution >= 0.6 is 7.82 Å². The van der Waals surface area contributed by atoms with E-state index in [0.29, 0.717) is 5.75 Å². The number of hydrogen-bond acceptors (Lipinski definition) is 3. The first-order valence-corrected chi connectivity index (χ1v) is 8.96. The average Bonchev–Trinajstić information content (AvgIpc) is 2.44. The second-order valence-electron chi connectivity index (χ2n) is 5.04. The zero-order valence-corrected chi connectivity index (χ0v) is 13.4. The van der Waals surface area contributed by atoms with Crippen molar-refractivity contribution in [2.24, 2.45) is 0 Å². The average molecular weight is 316 g/mol. The minimum Gasteiger partial charge on any atom is -0.488 e.